The average molecular weight is 301 g/mol. The van der Waals surface area contributed by atoms with Crippen LogP contribution in [0.4, 0.5) is 0 Å². The van der Waals surface area contributed by atoms with E-state index in [9.17, 15) is 5.11 Å². The number of benzene rings is 2. The summed E-state index contributed by atoms with van der Waals surface area (Å²) in [7, 11) is 3.34. The number of hydrogen-bond donors (Lipinski definition) is 1. The molecule has 0 radical (unpaired) electrons. The highest BCUT2D eigenvalue weighted by atomic mass is 16.5. The van der Waals surface area contributed by atoms with Gasteiger partial charge in [-0.1, -0.05) is 30.3 Å². The fraction of sp³-hybridized carbons (Fsp3) is 0.333. The van der Waals surface area contributed by atoms with Crippen LogP contribution < -0.4 is 9.47 Å². The zero-order valence-electron chi connectivity index (χ0n) is 13.2. The fourth-order valence-corrected chi connectivity index (χ4v) is 2.46. The molecule has 2 aromatic rings. The summed E-state index contributed by atoms with van der Waals surface area (Å²) >= 11 is 0. The van der Waals surface area contributed by atoms with Gasteiger partial charge in [-0.15, -0.1) is 0 Å². The Hall–Kier alpha value is -2.04. The molecule has 0 saturated carbocycles. The van der Waals surface area contributed by atoms with E-state index in [4.69, 9.17) is 9.47 Å². The zero-order valence-corrected chi connectivity index (χ0v) is 13.2. The monoisotopic (exact) mass is 301 g/mol. The minimum Gasteiger partial charge on any atom is -0.497 e. The first-order valence-corrected chi connectivity index (χ1v) is 7.35. The van der Waals surface area contributed by atoms with Gasteiger partial charge in [0.1, 0.15) is 11.5 Å². The van der Waals surface area contributed by atoms with E-state index in [1.807, 2.05) is 36.4 Å². The van der Waals surface area contributed by atoms with Gasteiger partial charge in [-0.25, -0.2) is 0 Å². The maximum atomic E-state index is 9.32. The van der Waals surface area contributed by atoms with Crippen LogP contribution in [-0.4, -0.2) is 37.4 Å². The van der Waals surface area contributed by atoms with Crippen molar-refractivity contribution in [2.75, 3.05) is 27.4 Å². The van der Waals surface area contributed by atoms with Crippen LogP contribution in [0.3, 0.4) is 0 Å². The summed E-state index contributed by atoms with van der Waals surface area (Å²) in [5.74, 6) is 1.72. The number of hydrogen-bond acceptors (Lipinski definition) is 4. The Morgan fingerprint density at radius 2 is 1.77 bits per heavy atom. The third-order valence-electron chi connectivity index (χ3n) is 3.54. The number of ether oxygens (including phenoxy) is 2. The van der Waals surface area contributed by atoms with Crippen LogP contribution in [0.1, 0.15) is 11.1 Å². The second-order valence-corrected chi connectivity index (χ2v) is 5.10. The minimum absolute atomic E-state index is 0.124. The van der Waals surface area contributed by atoms with Gasteiger partial charge in [-0.05, 0) is 23.8 Å². The van der Waals surface area contributed by atoms with Crippen LogP contribution in [0.5, 0.6) is 11.5 Å². The van der Waals surface area contributed by atoms with E-state index < -0.39 is 0 Å². The van der Waals surface area contributed by atoms with E-state index in [1.54, 1.807) is 14.2 Å². The maximum absolute atomic E-state index is 9.32. The standard InChI is InChI=1S/C18H23NO3/c1-21-17-8-5-6-15(12-17)13-19(10-11-20)14-16-7-3-4-9-18(16)22-2/h3-9,12,20H,10-11,13-14H2,1-2H3. The maximum Gasteiger partial charge on any atom is 0.123 e. The van der Waals surface area contributed by atoms with Gasteiger partial charge in [-0.2, -0.15) is 0 Å². The predicted molar refractivity (Wildman–Crippen MR) is 87.2 cm³/mol. The second kappa shape index (κ2) is 8.41. The lowest BCUT2D eigenvalue weighted by atomic mass is 10.1. The number of rotatable bonds is 8. The van der Waals surface area contributed by atoms with E-state index in [0.717, 1.165) is 35.7 Å². The van der Waals surface area contributed by atoms with Gasteiger partial charge in [0.05, 0.1) is 20.8 Å². The van der Waals surface area contributed by atoms with Crippen molar-refractivity contribution in [3.05, 3.63) is 59.7 Å². The first-order valence-electron chi connectivity index (χ1n) is 7.35. The summed E-state index contributed by atoms with van der Waals surface area (Å²) in [5, 5.41) is 9.32. The van der Waals surface area contributed by atoms with Crippen LogP contribution in [-0.2, 0) is 13.1 Å². The molecule has 118 valence electrons. The van der Waals surface area contributed by atoms with Crippen LogP contribution in [0.2, 0.25) is 0 Å². The molecule has 2 rings (SSSR count). The molecule has 0 fully saturated rings. The van der Waals surface area contributed by atoms with E-state index in [1.165, 1.54) is 0 Å². The van der Waals surface area contributed by atoms with Crippen molar-refractivity contribution in [2.24, 2.45) is 0 Å². The summed E-state index contributed by atoms with van der Waals surface area (Å²) in [6.07, 6.45) is 0. The molecule has 4 heteroatoms. The Kier molecular flexibility index (Phi) is 6.25. The van der Waals surface area contributed by atoms with E-state index >= 15 is 0 Å². The first-order chi connectivity index (χ1) is 10.8. The number of aliphatic hydroxyl groups is 1. The highest BCUT2D eigenvalue weighted by Gasteiger charge is 2.10. The molecule has 0 spiro atoms. The SMILES string of the molecule is COc1cccc(CN(CCO)Cc2ccccc2OC)c1. The Bertz CT molecular complexity index is 586. The summed E-state index contributed by atoms with van der Waals surface area (Å²) in [6, 6.07) is 16.0. The van der Waals surface area contributed by atoms with Gasteiger partial charge in [0.25, 0.3) is 0 Å². The lowest BCUT2D eigenvalue weighted by molar-refractivity contribution is 0.183. The molecule has 0 aliphatic rings. The van der Waals surface area contributed by atoms with E-state index in [-0.39, 0.29) is 6.61 Å². The van der Waals surface area contributed by atoms with E-state index in [0.29, 0.717) is 6.54 Å². The van der Waals surface area contributed by atoms with Crippen LogP contribution in [0.15, 0.2) is 48.5 Å². The predicted octanol–water partition coefficient (Wildman–Crippen LogP) is 2.70. The largest absolute Gasteiger partial charge is 0.497 e. The molecule has 2 aromatic carbocycles. The van der Waals surface area contributed by atoms with Crippen LogP contribution in [0, 0.1) is 0 Å². The van der Waals surface area contributed by atoms with Crippen LogP contribution >= 0.6 is 0 Å². The molecule has 0 aliphatic heterocycles. The average Bonchev–Trinajstić information content (AvgIpc) is 2.55. The highest BCUT2D eigenvalue weighted by Crippen LogP contribution is 2.21. The van der Waals surface area contributed by atoms with Gasteiger partial charge in [0.15, 0.2) is 0 Å². The third kappa shape index (κ3) is 4.48. The summed E-state index contributed by atoms with van der Waals surface area (Å²) in [5.41, 5.74) is 2.27. The van der Waals surface area contributed by atoms with Crippen molar-refractivity contribution in [1.29, 1.82) is 0 Å². The molecule has 0 unspecified atom stereocenters. The zero-order chi connectivity index (χ0) is 15.8. The van der Waals surface area contributed by atoms with Gasteiger partial charge >= 0.3 is 0 Å². The topological polar surface area (TPSA) is 41.9 Å². The Balaban J connectivity index is 2.12. The number of nitrogens with zero attached hydrogens (tertiary/aromatic N) is 1. The van der Waals surface area contributed by atoms with Gasteiger partial charge in [0.2, 0.25) is 0 Å². The first kappa shape index (κ1) is 16.3. The Morgan fingerprint density at radius 3 is 2.50 bits per heavy atom. The quantitative estimate of drug-likeness (QED) is 0.814. The molecule has 1 N–H and O–H groups in total. The van der Waals surface area contributed by atoms with Gasteiger partial charge < -0.3 is 14.6 Å². The van der Waals surface area contributed by atoms with Crippen molar-refractivity contribution in [1.82, 2.24) is 4.90 Å². The number of para-hydroxylation sites is 1. The lowest BCUT2D eigenvalue weighted by Crippen LogP contribution is -2.26. The highest BCUT2D eigenvalue weighted by molar-refractivity contribution is 5.33. The van der Waals surface area contributed by atoms with Crippen LogP contribution in [0.25, 0.3) is 0 Å². The van der Waals surface area contributed by atoms with Gasteiger partial charge in [0, 0.05) is 25.2 Å². The van der Waals surface area contributed by atoms with Crippen molar-refractivity contribution in [3.8, 4) is 11.5 Å². The third-order valence-corrected chi connectivity index (χ3v) is 3.54. The molecule has 0 amide bonds. The minimum atomic E-state index is 0.124. The van der Waals surface area contributed by atoms with E-state index in [2.05, 4.69) is 17.0 Å². The van der Waals surface area contributed by atoms with Crippen molar-refractivity contribution >= 4 is 0 Å². The summed E-state index contributed by atoms with van der Waals surface area (Å²) in [4.78, 5) is 2.19. The van der Waals surface area contributed by atoms with Crippen molar-refractivity contribution in [3.63, 3.8) is 0 Å². The summed E-state index contributed by atoms with van der Waals surface area (Å²) in [6.45, 7) is 2.20. The molecule has 0 bridgehead atoms. The molecule has 0 atom stereocenters. The number of aliphatic hydroxyl groups excluding tert-OH is 1. The van der Waals surface area contributed by atoms with Crippen molar-refractivity contribution < 1.29 is 14.6 Å². The Morgan fingerprint density at radius 1 is 0.955 bits per heavy atom. The normalized spacial score (nSPS) is 10.7. The number of methoxy groups -OCH3 is 2. The lowest BCUT2D eigenvalue weighted by Gasteiger charge is -2.22. The fourth-order valence-electron chi connectivity index (χ4n) is 2.46. The summed E-state index contributed by atoms with van der Waals surface area (Å²) < 4.78 is 10.7. The van der Waals surface area contributed by atoms with Gasteiger partial charge in [-0.3, -0.25) is 4.90 Å². The molecule has 22 heavy (non-hydrogen) atoms. The molecule has 0 aromatic heterocycles. The van der Waals surface area contributed by atoms with Crippen molar-refractivity contribution in [2.45, 2.75) is 13.1 Å². The molecular weight excluding hydrogens is 278 g/mol. The smallest absolute Gasteiger partial charge is 0.123 e. The molecule has 4 nitrogen and oxygen atoms in total. The molecule has 0 saturated heterocycles. The Labute approximate surface area is 131 Å². The second-order valence-electron chi connectivity index (χ2n) is 5.10. The molecule has 0 aliphatic carbocycles. The molecular formula is C18H23NO3. The molecule has 0 heterocycles.